The van der Waals surface area contributed by atoms with Crippen molar-refractivity contribution >= 4 is 5.91 Å². The molecule has 0 aliphatic carbocycles. The van der Waals surface area contributed by atoms with E-state index in [0.717, 1.165) is 51.2 Å². The van der Waals surface area contributed by atoms with Gasteiger partial charge in [-0.15, -0.1) is 0 Å². The van der Waals surface area contributed by atoms with Crippen LogP contribution < -0.4 is 0 Å². The van der Waals surface area contributed by atoms with Gasteiger partial charge in [-0.2, -0.15) is 4.98 Å². The summed E-state index contributed by atoms with van der Waals surface area (Å²) in [6.07, 6.45) is 7.24. The molecule has 1 amide bonds. The molecule has 24 heavy (non-hydrogen) atoms. The number of hydrogen-bond donors (Lipinski definition) is 0. The summed E-state index contributed by atoms with van der Waals surface area (Å²) in [4.78, 5) is 21.2. The molecule has 3 heterocycles. The van der Waals surface area contributed by atoms with Crippen molar-refractivity contribution in [1.29, 1.82) is 0 Å². The molecule has 6 heteroatoms. The molecule has 0 saturated carbocycles. The third-order valence-electron chi connectivity index (χ3n) is 5.49. The molecule has 0 bridgehead atoms. The number of amides is 1. The molecule has 0 radical (unpaired) electrons. The first kappa shape index (κ1) is 17.4. The standard InChI is InChI=1S/C18H30N4O2/c1-14-19-17(24-20-14)12-15-7-10-22(11-8-15)18(23)6-5-16-4-3-9-21(2)13-16/h15-16H,3-13H2,1-2H3/t16-/m1/s1. The Labute approximate surface area is 144 Å². The predicted octanol–water partition coefficient (Wildman–Crippen LogP) is 2.28. The zero-order valence-electron chi connectivity index (χ0n) is 15.0. The molecule has 0 spiro atoms. The second-order valence-electron chi connectivity index (χ2n) is 7.57. The Bertz CT molecular complexity index is 537. The molecular weight excluding hydrogens is 304 g/mol. The lowest BCUT2D eigenvalue weighted by Crippen LogP contribution is -2.39. The van der Waals surface area contributed by atoms with Gasteiger partial charge in [0.05, 0.1) is 0 Å². The van der Waals surface area contributed by atoms with Gasteiger partial charge in [0.1, 0.15) is 0 Å². The van der Waals surface area contributed by atoms with Crippen LogP contribution in [0.25, 0.3) is 0 Å². The molecule has 2 fully saturated rings. The highest BCUT2D eigenvalue weighted by Crippen LogP contribution is 2.24. The van der Waals surface area contributed by atoms with Gasteiger partial charge in [0.2, 0.25) is 11.8 Å². The number of nitrogens with zero attached hydrogens (tertiary/aromatic N) is 4. The van der Waals surface area contributed by atoms with Crippen LogP contribution in [0.15, 0.2) is 4.52 Å². The molecule has 0 N–H and O–H groups in total. The van der Waals surface area contributed by atoms with Gasteiger partial charge in [-0.3, -0.25) is 4.79 Å². The fraction of sp³-hybridized carbons (Fsp3) is 0.833. The Balaban J connectivity index is 1.37. The largest absolute Gasteiger partial charge is 0.343 e. The van der Waals surface area contributed by atoms with Crippen molar-refractivity contribution in [2.75, 3.05) is 33.2 Å². The van der Waals surface area contributed by atoms with Crippen molar-refractivity contribution in [3.8, 4) is 0 Å². The van der Waals surface area contributed by atoms with E-state index in [1.165, 1.54) is 19.4 Å². The van der Waals surface area contributed by atoms with E-state index in [-0.39, 0.29) is 0 Å². The molecule has 1 aromatic rings. The smallest absolute Gasteiger partial charge is 0.226 e. The second-order valence-corrected chi connectivity index (χ2v) is 7.57. The molecule has 1 aromatic heterocycles. The summed E-state index contributed by atoms with van der Waals surface area (Å²) in [6.45, 7) is 5.96. The van der Waals surface area contributed by atoms with Crippen molar-refractivity contribution in [2.45, 2.75) is 51.9 Å². The zero-order valence-corrected chi connectivity index (χ0v) is 15.0. The number of likely N-dealkylation sites (tertiary alicyclic amines) is 2. The lowest BCUT2D eigenvalue weighted by atomic mass is 9.91. The molecule has 2 aliphatic heterocycles. The molecule has 1 atom stereocenters. The number of aryl methyl sites for hydroxylation is 1. The summed E-state index contributed by atoms with van der Waals surface area (Å²) in [5.74, 6) is 3.03. The summed E-state index contributed by atoms with van der Waals surface area (Å²) in [6, 6.07) is 0. The summed E-state index contributed by atoms with van der Waals surface area (Å²) < 4.78 is 5.21. The lowest BCUT2D eigenvalue weighted by molar-refractivity contribution is -0.133. The normalized spacial score (nSPS) is 23.6. The van der Waals surface area contributed by atoms with E-state index in [9.17, 15) is 4.79 Å². The predicted molar refractivity (Wildman–Crippen MR) is 91.5 cm³/mol. The highest BCUT2D eigenvalue weighted by Gasteiger charge is 2.25. The number of piperidine rings is 2. The SMILES string of the molecule is Cc1noc(CC2CCN(C(=O)CC[C@H]3CCCN(C)C3)CC2)n1. The summed E-state index contributed by atoms with van der Waals surface area (Å²) in [5.41, 5.74) is 0. The minimum Gasteiger partial charge on any atom is -0.343 e. The number of carbonyl (C=O) groups is 1. The molecule has 6 nitrogen and oxygen atoms in total. The van der Waals surface area contributed by atoms with Crippen LogP contribution in [0, 0.1) is 18.8 Å². The minimum absolute atomic E-state index is 0.343. The van der Waals surface area contributed by atoms with E-state index < -0.39 is 0 Å². The van der Waals surface area contributed by atoms with Crippen LogP contribution in [0.4, 0.5) is 0 Å². The van der Waals surface area contributed by atoms with Gasteiger partial charge in [-0.05, 0) is 64.5 Å². The van der Waals surface area contributed by atoms with Gasteiger partial charge in [0.15, 0.2) is 5.82 Å². The van der Waals surface area contributed by atoms with Crippen molar-refractivity contribution in [1.82, 2.24) is 19.9 Å². The number of aromatic nitrogens is 2. The average molecular weight is 334 g/mol. The van der Waals surface area contributed by atoms with Crippen LogP contribution in [-0.4, -0.2) is 59.1 Å². The zero-order chi connectivity index (χ0) is 16.9. The van der Waals surface area contributed by atoms with E-state index in [1.807, 2.05) is 6.92 Å². The minimum atomic E-state index is 0.343. The Kier molecular flexibility index (Phi) is 5.87. The van der Waals surface area contributed by atoms with E-state index in [2.05, 4.69) is 27.0 Å². The lowest BCUT2D eigenvalue weighted by Gasteiger charge is -2.33. The topological polar surface area (TPSA) is 62.5 Å². The maximum atomic E-state index is 12.5. The fourth-order valence-corrected chi connectivity index (χ4v) is 4.05. The first-order chi connectivity index (χ1) is 11.6. The Hall–Kier alpha value is -1.43. The number of carbonyl (C=O) groups excluding carboxylic acids is 1. The highest BCUT2D eigenvalue weighted by molar-refractivity contribution is 5.76. The summed E-state index contributed by atoms with van der Waals surface area (Å²) in [5, 5.41) is 3.85. The number of hydrogen-bond acceptors (Lipinski definition) is 5. The molecule has 0 aromatic carbocycles. The quantitative estimate of drug-likeness (QED) is 0.827. The maximum absolute atomic E-state index is 12.5. The molecule has 134 valence electrons. The monoisotopic (exact) mass is 334 g/mol. The van der Waals surface area contributed by atoms with Crippen LogP contribution in [0.1, 0.15) is 50.2 Å². The van der Waals surface area contributed by atoms with Gasteiger partial charge in [-0.25, -0.2) is 0 Å². The van der Waals surface area contributed by atoms with E-state index in [1.54, 1.807) is 0 Å². The van der Waals surface area contributed by atoms with Crippen LogP contribution in [-0.2, 0) is 11.2 Å². The Morgan fingerprint density at radius 3 is 2.67 bits per heavy atom. The van der Waals surface area contributed by atoms with Crippen LogP contribution in [0.2, 0.25) is 0 Å². The summed E-state index contributed by atoms with van der Waals surface area (Å²) in [7, 11) is 2.18. The molecule has 3 rings (SSSR count). The van der Waals surface area contributed by atoms with E-state index >= 15 is 0 Å². The van der Waals surface area contributed by atoms with Gasteiger partial charge in [-0.1, -0.05) is 5.16 Å². The van der Waals surface area contributed by atoms with E-state index in [4.69, 9.17) is 4.52 Å². The van der Waals surface area contributed by atoms with Crippen molar-refractivity contribution in [2.24, 2.45) is 11.8 Å². The first-order valence-electron chi connectivity index (χ1n) is 9.35. The fourth-order valence-electron chi connectivity index (χ4n) is 4.05. The number of rotatable bonds is 5. The van der Waals surface area contributed by atoms with Crippen LogP contribution in [0.3, 0.4) is 0 Å². The average Bonchev–Trinajstić information content (AvgIpc) is 2.98. The third-order valence-corrected chi connectivity index (χ3v) is 5.49. The van der Waals surface area contributed by atoms with E-state index in [0.29, 0.717) is 30.0 Å². The van der Waals surface area contributed by atoms with Crippen molar-refractivity contribution in [3.63, 3.8) is 0 Å². The van der Waals surface area contributed by atoms with Gasteiger partial charge in [0, 0.05) is 32.5 Å². The van der Waals surface area contributed by atoms with Gasteiger partial charge in [0.25, 0.3) is 0 Å². The van der Waals surface area contributed by atoms with Crippen LogP contribution in [0.5, 0.6) is 0 Å². The highest BCUT2D eigenvalue weighted by atomic mass is 16.5. The first-order valence-corrected chi connectivity index (χ1v) is 9.35. The molecule has 2 aliphatic rings. The van der Waals surface area contributed by atoms with Gasteiger partial charge < -0.3 is 14.3 Å². The second kappa shape index (κ2) is 8.10. The molecule has 2 saturated heterocycles. The molecular formula is C18H30N4O2. The Morgan fingerprint density at radius 1 is 1.21 bits per heavy atom. The summed E-state index contributed by atoms with van der Waals surface area (Å²) >= 11 is 0. The third kappa shape index (κ3) is 4.79. The van der Waals surface area contributed by atoms with Crippen LogP contribution >= 0.6 is 0 Å². The Morgan fingerprint density at radius 2 is 2.00 bits per heavy atom. The maximum Gasteiger partial charge on any atom is 0.226 e. The van der Waals surface area contributed by atoms with Crippen molar-refractivity contribution in [3.05, 3.63) is 11.7 Å². The van der Waals surface area contributed by atoms with Gasteiger partial charge >= 0.3 is 0 Å². The molecule has 0 unspecified atom stereocenters. The van der Waals surface area contributed by atoms with Crippen molar-refractivity contribution < 1.29 is 9.32 Å².